The van der Waals surface area contributed by atoms with Gasteiger partial charge in [0.2, 0.25) is 0 Å². The highest BCUT2D eigenvalue weighted by molar-refractivity contribution is 9.10. The molecule has 0 fully saturated rings. The minimum absolute atomic E-state index is 0.0356. The van der Waals surface area contributed by atoms with E-state index in [0.717, 1.165) is 6.07 Å². The Hall–Kier alpha value is -1.17. The molecule has 1 atom stereocenters. The highest BCUT2D eigenvalue weighted by Crippen LogP contribution is 2.37. The molecule has 0 saturated heterocycles. The molecule has 0 aliphatic heterocycles. The highest BCUT2D eigenvalue weighted by Gasteiger charge is 2.17. The van der Waals surface area contributed by atoms with Crippen LogP contribution in [0.4, 0.5) is 8.78 Å². The summed E-state index contributed by atoms with van der Waals surface area (Å²) in [6.07, 6.45) is 0. The molecule has 1 N–H and O–H groups in total. The maximum atomic E-state index is 14.1. The van der Waals surface area contributed by atoms with Crippen LogP contribution >= 0.6 is 27.5 Å². The van der Waals surface area contributed by atoms with Crippen LogP contribution in [0.1, 0.15) is 18.5 Å². The van der Waals surface area contributed by atoms with E-state index in [0.29, 0.717) is 10.0 Å². The Kier molecular flexibility index (Phi) is 5.19. The summed E-state index contributed by atoms with van der Waals surface area (Å²) in [7, 11) is 1.76. The SMILES string of the molecule is CNC(C)c1cccc(F)c1Oc1cc(F)c(Cl)cc1Br. The summed E-state index contributed by atoms with van der Waals surface area (Å²) >= 11 is 8.91. The number of hydrogen-bond donors (Lipinski definition) is 1. The third-order valence-electron chi connectivity index (χ3n) is 3.08. The van der Waals surface area contributed by atoms with Gasteiger partial charge < -0.3 is 10.1 Å². The fraction of sp³-hybridized carbons (Fsp3) is 0.200. The lowest BCUT2D eigenvalue weighted by Gasteiger charge is -2.17. The van der Waals surface area contributed by atoms with E-state index in [-0.39, 0.29) is 22.6 Å². The van der Waals surface area contributed by atoms with E-state index < -0.39 is 11.6 Å². The summed E-state index contributed by atoms with van der Waals surface area (Å²) < 4.78 is 33.6. The Morgan fingerprint density at radius 2 is 1.95 bits per heavy atom. The second kappa shape index (κ2) is 6.73. The van der Waals surface area contributed by atoms with E-state index in [1.165, 1.54) is 12.1 Å². The zero-order chi connectivity index (χ0) is 15.6. The minimum atomic E-state index is -0.630. The van der Waals surface area contributed by atoms with Gasteiger partial charge in [-0.2, -0.15) is 0 Å². The molecule has 0 bridgehead atoms. The van der Waals surface area contributed by atoms with E-state index in [9.17, 15) is 8.78 Å². The molecule has 2 aromatic carbocycles. The number of ether oxygens (including phenoxy) is 1. The van der Waals surface area contributed by atoms with E-state index in [2.05, 4.69) is 21.2 Å². The average molecular weight is 377 g/mol. The van der Waals surface area contributed by atoms with Gasteiger partial charge in [0.25, 0.3) is 0 Å². The largest absolute Gasteiger partial charge is 0.453 e. The summed E-state index contributed by atoms with van der Waals surface area (Å²) in [6, 6.07) is 7.01. The normalized spacial score (nSPS) is 12.3. The highest BCUT2D eigenvalue weighted by atomic mass is 79.9. The van der Waals surface area contributed by atoms with Gasteiger partial charge in [-0.15, -0.1) is 0 Å². The van der Waals surface area contributed by atoms with Gasteiger partial charge in [0.1, 0.15) is 11.6 Å². The van der Waals surface area contributed by atoms with Gasteiger partial charge in [0.15, 0.2) is 11.6 Å². The van der Waals surface area contributed by atoms with Crippen molar-refractivity contribution in [3.63, 3.8) is 0 Å². The fourth-order valence-corrected chi connectivity index (χ4v) is 2.54. The maximum absolute atomic E-state index is 14.1. The van der Waals surface area contributed by atoms with E-state index >= 15 is 0 Å². The van der Waals surface area contributed by atoms with Crippen LogP contribution in [0.15, 0.2) is 34.8 Å². The van der Waals surface area contributed by atoms with Crippen molar-refractivity contribution in [3.8, 4) is 11.5 Å². The Morgan fingerprint density at radius 1 is 1.24 bits per heavy atom. The Labute approximate surface area is 135 Å². The summed E-state index contributed by atoms with van der Waals surface area (Å²) in [5, 5.41) is 2.98. The molecule has 6 heteroatoms. The van der Waals surface area contributed by atoms with E-state index in [1.807, 2.05) is 6.92 Å². The maximum Gasteiger partial charge on any atom is 0.167 e. The first-order valence-electron chi connectivity index (χ1n) is 6.22. The topological polar surface area (TPSA) is 21.3 Å². The minimum Gasteiger partial charge on any atom is -0.453 e. The molecule has 2 rings (SSSR count). The number of para-hydroxylation sites is 1. The van der Waals surface area contributed by atoms with Gasteiger partial charge in [-0.05, 0) is 42.0 Å². The fourth-order valence-electron chi connectivity index (χ4n) is 1.82. The first-order chi connectivity index (χ1) is 9.93. The lowest BCUT2D eigenvalue weighted by atomic mass is 10.1. The van der Waals surface area contributed by atoms with Crippen LogP contribution in [-0.2, 0) is 0 Å². The smallest absolute Gasteiger partial charge is 0.167 e. The van der Waals surface area contributed by atoms with Gasteiger partial charge in [-0.3, -0.25) is 0 Å². The third kappa shape index (κ3) is 3.54. The van der Waals surface area contributed by atoms with Crippen molar-refractivity contribution >= 4 is 27.5 Å². The molecule has 0 aliphatic rings. The van der Waals surface area contributed by atoms with Crippen LogP contribution in [0.5, 0.6) is 11.5 Å². The molecule has 0 amide bonds. The van der Waals surface area contributed by atoms with Crippen molar-refractivity contribution in [2.45, 2.75) is 13.0 Å². The van der Waals surface area contributed by atoms with Crippen LogP contribution < -0.4 is 10.1 Å². The molecule has 1 unspecified atom stereocenters. The number of hydrogen-bond acceptors (Lipinski definition) is 2. The van der Waals surface area contributed by atoms with Crippen molar-refractivity contribution in [3.05, 3.63) is 57.0 Å². The molecular formula is C15H13BrClF2NO. The summed E-state index contributed by atoms with van der Waals surface area (Å²) in [5.41, 5.74) is 0.639. The van der Waals surface area contributed by atoms with Gasteiger partial charge in [0.05, 0.1) is 9.50 Å². The lowest BCUT2D eigenvalue weighted by molar-refractivity contribution is 0.423. The standard InChI is InChI=1S/C15H13BrClF2NO/c1-8(20-2)9-4-3-5-12(18)15(9)21-14-7-13(19)11(17)6-10(14)16/h3-8,20H,1-2H3. The monoisotopic (exact) mass is 375 g/mol. The molecule has 0 radical (unpaired) electrons. The quantitative estimate of drug-likeness (QED) is 0.716. The Balaban J connectivity index is 2.47. The predicted octanol–water partition coefficient (Wildman–Crippen LogP) is 5.45. The van der Waals surface area contributed by atoms with Crippen LogP contribution in [0.2, 0.25) is 5.02 Å². The number of rotatable bonds is 4. The zero-order valence-electron chi connectivity index (χ0n) is 11.4. The van der Waals surface area contributed by atoms with E-state index in [4.69, 9.17) is 16.3 Å². The van der Waals surface area contributed by atoms with Crippen molar-refractivity contribution in [2.75, 3.05) is 7.05 Å². The second-order valence-electron chi connectivity index (χ2n) is 4.47. The first kappa shape index (κ1) is 16.2. The van der Waals surface area contributed by atoms with Crippen LogP contribution in [0.3, 0.4) is 0 Å². The van der Waals surface area contributed by atoms with Gasteiger partial charge in [-0.25, -0.2) is 8.78 Å². The van der Waals surface area contributed by atoms with E-state index in [1.54, 1.807) is 19.2 Å². The van der Waals surface area contributed by atoms with Crippen molar-refractivity contribution in [2.24, 2.45) is 0 Å². The van der Waals surface area contributed by atoms with Crippen molar-refractivity contribution in [1.82, 2.24) is 5.32 Å². The van der Waals surface area contributed by atoms with Crippen LogP contribution in [-0.4, -0.2) is 7.05 Å². The summed E-state index contributed by atoms with van der Waals surface area (Å²) in [5.74, 6) is -0.931. The molecule has 0 aliphatic carbocycles. The second-order valence-corrected chi connectivity index (χ2v) is 5.73. The molecule has 2 nitrogen and oxygen atoms in total. The summed E-state index contributed by atoms with van der Waals surface area (Å²) in [4.78, 5) is 0. The number of benzene rings is 2. The molecule has 0 aromatic heterocycles. The first-order valence-corrected chi connectivity index (χ1v) is 7.39. The predicted molar refractivity (Wildman–Crippen MR) is 83.1 cm³/mol. The third-order valence-corrected chi connectivity index (χ3v) is 3.99. The molecule has 21 heavy (non-hydrogen) atoms. The average Bonchev–Trinajstić information content (AvgIpc) is 2.45. The molecule has 0 spiro atoms. The van der Waals surface area contributed by atoms with Crippen molar-refractivity contribution < 1.29 is 13.5 Å². The number of nitrogens with one attached hydrogen (secondary N) is 1. The zero-order valence-corrected chi connectivity index (χ0v) is 13.7. The summed E-state index contributed by atoms with van der Waals surface area (Å²) in [6.45, 7) is 1.87. The van der Waals surface area contributed by atoms with Crippen LogP contribution in [0.25, 0.3) is 0 Å². The van der Waals surface area contributed by atoms with Crippen LogP contribution in [0, 0.1) is 11.6 Å². The molecule has 0 heterocycles. The molecular weight excluding hydrogens is 364 g/mol. The number of halogens is 4. The van der Waals surface area contributed by atoms with Gasteiger partial charge in [0, 0.05) is 17.7 Å². The van der Waals surface area contributed by atoms with Gasteiger partial charge >= 0.3 is 0 Å². The molecule has 2 aromatic rings. The molecule has 112 valence electrons. The molecule has 0 saturated carbocycles. The van der Waals surface area contributed by atoms with Gasteiger partial charge in [-0.1, -0.05) is 23.7 Å². The van der Waals surface area contributed by atoms with Crippen molar-refractivity contribution in [1.29, 1.82) is 0 Å². The Morgan fingerprint density at radius 3 is 2.62 bits per heavy atom. The lowest BCUT2D eigenvalue weighted by Crippen LogP contribution is -2.13. The Bertz CT molecular complexity index is 666.